The van der Waals surface area contributed by atoms with Gasteiger partial charge in [-0.15, -0.1) is 6.42 Å². The van der Waals surface area contributed by atoms with Crippen LogP contribution in [0.5, 0.6) is 5.75 Å². The zero-order valence-corrected chi connectivity index (χ0v) is 12.8. The lowest BCUT2D eigenvalue weighted by molar-refractivity contribution is 0.235. The largest absolute Gasteiger partial charge is 0.543 e. The summed E-state index contributed by atoms with van der Waals surface area (Å²) >= 11 is 0. The molecule has 0 spiro atoms. The third kappa shape index (κ3) is 3.15. The van der Waals surface area contributed by atoms with Crippen LogP contribution < -0.4 is 4.43 Å². The van der Waals surface area contributed by atoms with E-state index in [1.807, 2.05) is 24.3 Å². The number of benzene rings is 1. The highest BCUT2D eigenvalue weighted by molar-refractivity contribution is 6.74. The molecule has 3 heteroatoms. The van der Waals surface area contributed by atoms with Gasteiger partial charge in [0, 0.05) is 5.56 Å². The lowest BCUT2D eigenvalue weighted by atomic mass is 10.1. The van der Waals surface area contributed by atoms with E-state index in [0.29, 0.717) is 11.3 Å². The minimum absolute atomic E-state index is 0.112. The van der Waals surface area contributed by atoms with Crippen molar-refractivity contribution in [3.05, 3.63) is 29.8 Å². The van der Waals surface area contributed by atoms with Gasteiger partial charge >= 0.3 is 0 Å². The molecule has 0 aromatic heterocycles. The van der Waals surface area contributed by atoms with Crippen LogP contribution in [0.15, 0.2) is 24.3 Å². The fourth-order valence-electron chi connectivity index (χ4n) is 1.32. The van der Waals surface area contributed by atoms with Crippen molar-refractivity contribution in [3.8, 4) is 18.1 Å². The van der Waals surface area contributed by atoms with E-state index in [2.05, 4.69) is 39.8 Å². The molecule has 0 saturated heterocycles. The lowest BCUT2D eigenvalue weighted by Crippen LogP contribution is -2.44. The molecule has 2 nitrogen and oxygen atoms in total. The second kappa shape index (κ2) is 5.17. The Morgan fingerprint density at radius 1 is 1.28 bits per heavy atom. The van der Waals surface area contributed by atoms with E-state index < -0.39 is 14.4 Å². The van der Waals surface area contributed by atoms with Gasteiger partial charge in [-0.1, -0.05) is 44.9 Å². The van der Waals surface area contributed by atoms with Gasteiger partial charge in [-0.3, -0.25) is 0 Å². The van der Waals surface area contributed by atoms with E-state index in [4.69, 9.17) is 10.8 Å². The smallest absolute Gasteiger partial charge is 0.250 e. The molecule has 0 fully saturated rings. The maximum atomic E-state index is 9.81. The predicted molar refractivity (Wildman–Crippen MR) is 78.1 cm³/mol. The molecular weight excluding hydrogens is 240 g/mol. The van der Waals surface area contributed by atoms with Crippen molar-refractivity contribution in [2.75, 3.05) is 0 Å². The molecule has 1 aromatic rings. The minimum atomic E-state index is -1.92. The number of aliphatic hydroxyl groups excluding tert-OH is 1. The van der Waals surface area contributed by atoms with E-state index in [1.165, 1.54) is 0 Å². The first-order chi connectivity index (χ1) is 8.19. The molecule has 0 aliphatic rings. The van der Waals surface area contributed by atoms with Crippen LogP contribution in [0, 0.1) is 12.3 Å². The van der Waals surface area contributed by atoms with Gasteiger partial charge in [0.15, 0.2) is 0 Å². The quantitative estimate of drug-likeness (QED) is 0.664. The zero-order valence-electron chi connectivity index (χ0n) is 11.8. The van der Waals surface area contributed by atoms with Gasteiger partial charge in [-0.25, -0.2) is 0 Å². The molecule has 0 radical (unpaired) electrons. The van der Waals surface area contributed by atoms with Crippen molar-refractivity contribution in [1.82, 2.24) is 0 Å². The molecule has 1 unspecified atom stereocenters. The molecule has 1 N–H and O–H groups in total. The van der Waals surface area contributed by atoms with Crippen molar-refractivity contribution in [1.29, 1.82) is 0 Å². The summed E-state index contributed by atoms with van der Waals surface area (Å²) in [6.07, 6.45) is 4.37. The van der Waals surface area contributed by atoms with E-state index >= 15 is 0 Å². The maximum Gasteiger partial charge on any atom is 0.250 e. The standard InChI is InChI=1S/C15H22O2Si/c1-7-13(16)12-10-8-9-11-14(12)17-18(5,6)15(2,3)4/h1,8-11,13,16H,2-6H3. The Kier molecular flexibility index (Phi) is 4.26. The Balaban J connectivity index is 3.10. The first-order valence-corrected chi connectivity index (χ1v) is 9.02. The summed E-state index contributed by atoms with van der Waals surface area (Å²) in [6, 6.07) is 7.44. The molecule has 0 aliphatic heterocycles. The lowest BCUT2D eigenvalue weighted by Gasteiger charge is -2.37. The number of rotatable bonds is 3. The van der Waals surface area contributed by atoms with Crippen LogP contribution in [0.3, 0.4) is 0 Å². The van der Waals surface area contributed by atoms with Gasteiger partial charge < -0.3 is 9.53 Å². The van der Waals surface area contributed by atoms with Crippen LogP contribution in [0.2, 0.25) is 18.1 Å². The monoisotopic (exact) mass is 262 g/mol. The van der Waals surface area contributed by atoms with Crippen molar-refractivity contribution < 1.29 is 9.53 Å². The van der Waals surface area contributed by atoms with Gasteiger partial charge in [0.05, 0.1) is 0 Å². The Morgan fingerprint density at radius 3 is 2.33 bits per heavy atom. The Bertz CT molecular complexity index is 452. The van der Waals surface area contributed by atoms with E-state index in [-0.39, 0.29) is 5.04 Å². The normalized spacial score (nSPS) is 13.8. The van der Waals surface area contributed by atoms with Crippen molar-refractivity contribution in [2.45, 2.75) is 45.0 Å². The average molecular weight is 262 g/mol. The highest BCUT2D eigenvalue weighted by Crippen LogP contribution is 2.38. The van der Waals surface area contributed by atoms with Gasteiger partial charge in [-0.05, 0) is 24.2 Å². The molecule has 1 aromatic carbocycles. The van der Waals surface area contributed by atoms with Gasteiger partial charge in [0.25, 0.3) is 0 Å². The second-order valence-electron chi connectivity index (χ2n) is 5.97. The first kappa shape index (κ1) is 14.8. The fraction of sp³-hybridized carbons (Fsp3) is 0.467. The van der Waals surface area contributed by atoms with Crippen LogP contribution in [-0.4, -0.2) is 13.4 Å². The van der Waals surface area contributed by atoms with Gasteiger partial charge in [0.2, 0.25) is 8.32 Å². The Labute approximate surface area is 111 Å². The molecule has 1 rings (SSSR count). The molecule has 0 heterocycles. The highest BCUT2D eigenvalue weighted by atomic mass is 28.4. The van der Waals surface area contributed by atoms with E-state index in [9.17, 15) is 5.11 Å². The van der Waals surface area contributed by atoms with Crippen molar-refractivity contribution in [3.63, 3.8) is 0 Å². The number of aliphatic hydroxyl groups is 1. The van der Waals surface area contributed by atoms with Gasteiger partial charge in [-0.2, -0.15) is 0 Å². The van der Waals surface area contributed by atoms with Crippen molar-refractivity contribution in [2.24, 2.45) is 0 Å². The maximum absolute atomic E-state index is 9.81. The Morgan fingerprint density at radius 2 is 1.83 bits per heavy atom. The summed E-state index contributed by atoms with van der Waals surface area (Å²) in [5.41, 5.74) is 0.671. The minimum Gasteiger partial charge on any atom is -0.543 e. The van der Waals surface area contributed by atoms with Crippen LogP contribution in [0.4, 0.5) is 0 Å². The summed E-state index contributed by atoms with van der Waals surface area (Å²) in [7, 11) is -1.92. The third-order valence-electron chi connectivity index (χ3n) is 3.54. The van der Waals surface area contributed by atoms with Gasteiger partial charge in [0.1, 0.15) is 11.9 Å². The fourth-order valence-corrected chi connectivity index (χ4v) is 2.36. The summed E-state index contributed by atoms with van der Waals surface area (Å²) in [5, 5.41) is 9.92. The average Bonchev–Trinajstić information content (AvgIpc) is 2.26. The number of para-hydroxylation sites is 1. The van der Waals surface area contributed by atoms with Crippen LogP contribution in [-0.2, 0) is 0 Å². The van der Waals surface area contributed by atoms with Crippen LogP contribution >= 0.6 is 0 Å². The molecule has 1 atom stereocenters. The molecule has 0 amide bonds. The number of hydrogen-bond donors (Lipinski definition) is 1. The van der Waals surface area contributed by atoms with E-state index in [1.54, 1.807) is 0 Å². The second-order valence-corrected chi connectivity index (χ2v) is 10.7. The Hall–Kier alpha value is -1.24. The van der Waals surface area contributed by atoms with Crippen molar-refractivity contribution >= 4 is 8.32 Å². The third-order valence-corrected chi connectivity index (χ3v) is 7.89. The molecule has 18 heavy (non-hydrogen) atoms. The molecule has 0 aliphatic carbocycles. The molecule has 0 saturated carbocycles. The van der Waals surface area contributed by atoms with Crippen LogP contribution in [0.1, 0.15) is 32.4 Å². The van der Waals surface area contributed by atoms with E-state index in [0.717, 1.165) is 0 Å². The molecular formula is C15H22O2Si. The number of hydrogen-bond acceptors (Lipinski definition) is 2. The molecule has 0 bridgehead atoms. The predicted octanol–water partition coefficient (Wildman–Crippen LogP) is 3.74. The summed E-state index contributed by atoms with van der Waals surface area (Å²) in [5.74, 6) is 3.04. The topological polar surface area (TPSA) is 29.5 Å². The van der Waals surface area contributed by atoms with Crippen LogP contribution in [0.25, 0.3) is 0 Å². The summed E-state index contributed by atoms with van der Waals surface area (Å²) < 4.78 is 6.20. The number of terminal acetylenes is 1. The SMILES string of the molecule is C#CC(O)c1ccccc1O[Si](C)(C)C(C)(C)C. The highest BCUT2D eigenvalue weighted by Gasteiger charge is 2.39. The molecule has 98 valence electrons. The zero-order chi connectivity index (χ0) is 14.0. The summed E-state index contributed by atoms with van der Waals surface area (Å²) in [6.45, 7) is 10.9. The first-order valence-electron chi connectivity index (χ1n) is 6.11. The summed E-state index contributed by atoms with van der Waals surface area (Å²) in [4.78, 5) is 0.